The standard InChI is InChI=1S/C12H16Br2/c13-11-7-3-1-5-9(11)10-6-2-4-8-12(10)14/h7-10H,1-6H2. The van der Waals surface area contributed by atoms with Crippen LogP contribution in [-0.4, -0.2) is 0 Å². The molecule has 2 aliphatic carbocycles. The van der Waals surface area contributed by atoms with Gasteiger partial charge in [0.15, 0.2) is 0 Å². The Kier molecular flexibility index (Phi) is 3.89. The van der Waals surface area contributed by atoms with Gasteiger partial charge in [-0.15, -0.1) is 0 Å². The first-order valence-corrected chi connectivity index (χ1v) is 7.08. The van der Waals surface area contributed by atoms with Crippen LogP contribution in [-0.2, 0) is 0 Å². The molecule has 2 atom stereocenters. The lowest BCUT2D eigenvalue weighted by Crippen LogP contribution is -2.19. The van der Waals surface area contributed by atoms with Gasteiger partial charge in [0.05, 0.1) is 0 Å². The van der Waals surface area contributed by atoms with Gasteiger partial charge in [0.25, 0.3) is 0 Å². The molecule has 0 fully saturated rings. The molecule has 14 heavy (non-hydrogen) atoms. The van der Waals surface area contributed by atoms with Crippen molar-refractivity contribution in [1.82, 2.24) is 0 Å². The predicted molar refractivity (Wildman–Crippen MR) is 68.7 cm³/mol. The van der Waals surface area contributed by atoms with Crippen LogP contribution < -0.4 is 0 Å². The summed E-state index contributed by atoms with van der Waals surface area (Å²) in [4.78, 5) is 0. The van der Waals surface area contributed by atoms with E-state index in [-0.39, 0.29) is 0 Å². The molecule has 0 amide bonds. The van der Waals surface area contributed by atoms with Gasteiger partial charge in [0, 0.05) is 0 Å². The first-order chi connectivity index (χ1) is 6.79. The number of hydrogen-bond acceptors (Lipinski definition) is 0. The van der Waals surface area contributed by atoms with E-state index in [1.807, 2.05) is 0 Å². The Hall–Kier alpha value is 0.440. The van der Waals surface area contributed by atoms with E-state index in [1.165, 1.54) is 47.5 Å². The van der Waals surface area contributed by atoms with Crippen molar-refractivity contribution in [3.8, 4) is 0 Å². The fourth-order valence-corrected chi connectivity index (χ4v) is 4.07. The summed E-state index contributed by atoms with van der Waals surface area (Å²) in [6, 6.07) is 0. The zero-order valence-electron chi connectivity index (χ0n) is 8.31. The van der Waals surface area contributed by atoms with Crippen LogP contribution in [0.1, 0.15) is 38.5 Å². The summed E-state index contributed by atoms with van der Waals surface area (Å²) in [5, 5.41) is 0. The van der Waals surface area contributed by atoms with Gasteiger partial charge in [-0.25, -0.2) is 0 Å². The maximum atomic E-state index is 3.73. The molecule has 0 N–H and O–H groups in total. The first-order valence-electron chi connectivity index (χ1n) is 5.50. The molecular weight excluding hydrogens is 304 g/mol. The molecule has 2 rings (SSSR count). The van der Waals surface area contributed by atoms with E-state index in [1.54, 1.807) is 0 Å². The normalized spacial score (nSPS) is 33.6. The Labute approximate surface area is 103 Å². The maximum Gasteiger partial charge on any atom is -0.00249 e. The van der Waals surface area contributed by atoms with Crippen molar-refractivity contribution in [2.24, 2.45) is 11.8 Å². The predicted octanol–water partition coefficient (Wildman–Crippen LogP) is 5.14. The Balaban J connectivity index is 2.13. The number of hydrogen-bond donors (Lipinski definition) is 0. The Bertz CT molecular complexity index is 237. The second kappa shape index (κ2) is 4.98. The van der Waals surface area contributed by atoms with Crippen LogP contribution in [0.2, 0.25) is 0 Å². The highest BCUT2D eigenvalue weighted by atomic mass is 79.9. The van der Waals surface area contributed by atoms with Gasteiger partial charge >= 0.3 is 0 Å². The second-order valence-electron chi connectivity index (χ2n) is 4.25. The number of allylic oxidation sites excluding steroid dienone is 4. The minimum absolute atomic E-state index is 0.745. The summed E-state index contributed by atoms with van der Waals surface area (Å²) in [6.45, 7) is 0. The molecule has 2 heteroatoms. The van der Waals surface area contributed by atoms with E-state index in [0.29, 0.717) is 0 Å². The van der Waals surface area contributed by atoms with Crippen molar-refractivity contribution in [2.75, 3.05) is 0 Å². The van der Waals surface area contributed by atoms with E-state index in [2.05, 4.69) is 44.0 Å². The van der Waals surface area contributed by atoms with Gasteiger partial charge < -0.3 is 0 Å². The van der Waals surface area contributed by atoms with E-state index in [9.17, 15) is 0 Å². The lowest BCUT2D eigenvalue weighted by atomic mass is 9.79. The highest BCUT2D eigenvalue weighted by Crippen LogP contribution is 2.43. The third-order valence-corrected chi connectivity index (χ3v) is 5.13. The minimum Gasteiger partial charge on any atom is -0.0741 e. The van der Waals surface area contributed by atoms with Crippen molar-refractivity contribution in [3.63, 3.8) is 0 Å². The molecule has 0 aliphatic heterocycles. The molecule has 0 aromatic carbocycles. The van der Waals surface area contributed by atoms with Crippen LogP contribution in [0.15, 0.2) is 21.1 Å². The molecule has 78 valence electrons. The number of rotatable bonds is 1. The molecule has 0 aromatic heterocycles. The molecule has 0 radical (unpaired) electrons. The lowest BCUT2D eigenvalue weighted by Gasteiger charge is -2.31. The molecule has 0 bridgehead atoms. The van der Waals surface area contributed by atoms with Crippen molar-refractivity contribution >= 4 is 31.9 Å². The van der Waals surface area contributed by atoms with Crippen molar-refractivity contribution in [2.45, 2.75) is 38.5 Å². The molecule has 0 nitrogen and oxygen atoms in total. The average Bonchev–Trinajstić information content (AvgIpc) is 2.20. The molecular formula is C12H16Br2. The highest BCUT2D eigenvalue weighted by Gasteiger charge is 2.28. The fourth-order valence-electron chi connectivity index (χ4n) is 2.52. The summed E-state index contributed by atoms with van der Waals surface area (Å²) in [7, 11) is 0. The van der Waals surface area contributed by atoms with Crippen LogP contribution in [0.3, 0.4) is 0 Å². The van der Waals surface area contributed by atoms with Crippen LogP contribution in [0, 0.1) is 11.8 Å². The quantitative estimate of drug-likeness (QED) is 0.627. The van der Waals surface area contributed by atoms with Crippen molar-refractivity contribution < 1.29 is 0 Å². The Morgan fingerprint density at radius 3 is 1.64 bits per heavy atom. The molecule has 0 saturated heterocycles. The zero-order chi connectivity index (χ0) is 9.97. The zero-order valence-corrected chi connectivity index (χ0v) is 11.5. The van der Waals surface area contributed by atoms with Gasteiger partial charge in [0.1, 0.15) is 0 Å². The lowest BCUT2D eigenvalue weighted by molar-refractivity contribution is 0.374. The molecule has 2 aliphatic rings. The molecule has 0 heterocycles. The fraction of sp³-hybridized carbons (Fsp3) is 0.667. The summed E-state index contributed by atoms with van der Waals surface area (Å²) >= 11 is 7.46. The highest BCUT2D eigenvalue weighted by molar-refractivity contribution is 9.12. The van der Waals surface area contributed by atoms with Crippen LogP contribution in [0.25, 0.3) is 0 Å². The van der Waals surface area contributed by atoms with E-state index in [4.69, 9.17) is 0 Å². The smallest absolute Gasteiger partial charge is 0.00249 e. The average molecular weight is 320 g/mol. The molecule has 0 saturated carbocycles. The van der Waals surface area contributed by atoms with Gasteiger partial charge in [-0.05, 0) is 59.3 Å². The van der Waals surface area contributed by atoms with Gasteiger partial charge in [0.2, 0.25) is 0 Å². The second-order valence-corrected chi connectivity index (χ2v) is 6.08. The maximum absolute atomic E-state index is 3.73. The van der Waals surface area contributed by atoms with Crippen molar-refractivity contribution in [1.29, 1.82) is 0 Å². The molecule has 0 aromatic rings. The van der Waals surface area contributed by atoms with E-state index < -0.39 is 0 Å². The third kappa shape index (κ3) is 2.33. The van der Waals surface area contributed by atoms with Gasteiger partial charge in [-0.2, -0.15) is 0 Å². The summed E-state index contributed by atoms with van der Waals surface area (Å²) in [5.74, 6) is 1.49. The van der Waals surface area contributed by atoms with Crippen molar-refractivity contribution in [3.05, 3.63) is 21.1 Å². The third-order valence-electron chi connectivity index (χ3n) is 3.31. The minimum atomic E-state index is 0.745. The molecule has 0 spiro atoms. The first kappa shape index (κ1) is 10.9. The summed E-state index contributed by atoms with van der Waals surface area (Å²) < 4.78 is 2.89. The monoisotopic (exact) mass is 318 g/mol. The SMILES string of the molecule is BrC1=CCCCC1C1CCCC=C1Br. The van der Waals surface area contributed by atoms with E-state index >= 15 is 0 Å². The summed E-state index contributed by atoms with van der Waals surface area (Å²) in [5.41, 5.74) is 0. The Morgan fingerprint density at radius 1 is 0.857 bits per heavy atom. The van der Waals surface area contributed by atoms with Crippen LogP contribution >= 0.6 is 31.9 Å². The topological polar surface area (TPSA) is 0 Å². The largest absolute Gasteiger partial charge is 0.0741 e. The van der Waals surface area contributed by atoms with Gasteiger partial charge in [-0.1, -0.05) is 44.0 Å². The summed E-state index contributed by atoms with van der Waals surface area (Å²) in [6.07, 6.45) is 12.7. The van der Waals surface area contributed by atoms with Crippen LogP contribution in [0.4, 0.5) is 0 Å². The van der Waals surface area contributed by atoms with Gasteiger partial charge in [-0.3, -0.25) is 0 Å². The van der Waals surface area contributed by atoms with Crippen LogP contribution in [0.5, 0.6) is 0 Å². The Morgan fingerprint density at radius 2 is 1.29 bits per heavy atom. The van der Waals surface area contributed by atoms with E-state index in [0.717, 1.165) is 11.8 Å². The number of halogens is 2. The molecule has 2 unspecified atom stereocenters.